The number of rotatable bonds is 17. The highest BCUT2D eigenvalue weighted by Gasteiger charge is 2.54. The molecule has 0 aliphatic carbocycles. The first kappa shape index (κ1) is 33.4. The summed E-state index contributed by atoms with van der Waals surface area (Å²) >= 11 is 0. The molecule has 22 heteroatoms. The normalized spacial score (nSPS) is 26.2. The van der Waals surface area contributed by atoms with Crippen LogP contribution in [-0.2, 0) is 67.8 Å². The van der Waals surface area contributed by atoms with Gasteiger partial charge in [0, 0.05) is 6.61 Å². The van der Waals surface area contributed by atoms with Gasteiger partial charge in [-0.2, -0.15) is 33.7 Å². The van der Waals surface area contributed by atoms with Crippen LogP contribution >= 0.6 is 0 Å². The van der Waals surface area contributed by atoms with E-state index in [1.165, 1.54) is 0 Å². The van der Waals surface area contributed by atoms with Crippen LogP contribution in [-0.4, -0.2) is 95.8 Å². The number of ether oxygens (including phenoxy) is 2. The predicted octanol–water partition coefficient (Wildman–Crippen LogP) is -0.528. The quantitative estimate of drug-likeness (QED) is 0.119. The average molecular weight is 613 g/mol. The molecular formula is C14H28O18S4. The Kier molecular flexibility index (Phi) is 13.0. The van der Waals surface area contributed by atoms with Crippen molar-refractivity contribution in [3.8, 4) is 0 Å². The lowest BCUT2D eigenvalue weighted by molar-refractivity contribution is -0.286. The molecule has 1 unspecified atom stereocenters. The summed E-state index contributed by atoms with van der Waals surface area (Å²) in [5.41, 5.74) is 0. The minimum Gasteiger partial charge on any atom is -0.350 e. The van der Waals surface area contributed by atoms with Crippen molar-refractivity contribution in [3.05, 3.63) is 0 Å². The highest BCUT2D eigenvalue weighted by molar-refractivity contribution is 7.81. The van der Waals surface area contributed by atoms with Gasteiger partial charge in [-0.3, -0.25) is 18.2 Å². The molecule has 1 saturated heterocycles. The van der Waals surface area contributed by atoms with Crippen molar-refractivity contribution in [3.63, 3.8) is 0 Å². The lowest BCUT2D eigenvalue weighted by Crippen LogP contribution is -2.63. The van der Waals surface area contributed by atoms with Crippen molar-refractivity contribution in [2.75, 3.05) is 13.2 Å². The second-order valence-electron chi connectivity index (χ2n) is 7.36. The monoisotopic (exact) mass is 612 g/mol. The molecule has 18 nitrogen and oxygen atoms in total. The van der Waals surface area contributed by atoms with Crippen molar-refractivity contribution >= 4 is 41.6 Å². The van der Waals surface area contributed by atoms with Crippen LogP contribution in [0.4, 0.5) is 0 Å². The fraction of sp³-hybridized carbons (Fsp3) is 1.00. The highest BCUT2D eigenvalue weighted by atomic mass is 32.3. The molecule has 1 fully saturated rings. The molecule has 1 heterocycles. The molecule has 4 N–H and O–H groups in total. The first-order valence-electron chi connectivity index (χ1n) is 10.2. The van der Waals surface area contributed by atoms with E-state index in [0.717, 1.165) is 25.7 Å². The van der Waals surface area contributed by atoms with Crippen LogP contribution in [0.25, 0.3) is 0 Å². The van der Waals surface area contributed by atoms with Crippen LogP contribution < -0.4 is 0 Å². The fourth-order valence-electron chi connectivity index (χ4n) is 3.13. The smallest absolute Gasteiger partial charge is 0.350 e. The SMILES string of the molecule is CCCCCCCCOC1O[C@H](COS(=O)(=O)O)[C@@H](OS(=O)(=O)O)[C@H](OS(=O)(=O)O)[C@H]1OS(=O)(=O)O. The van der Waals surface area contributed by atoms with Gasteiger partial charge >= 0.3 is 41.6 Å². The Morgan fingerprint density at radius 3 is 1.61 bits per heavy atom. The maximum atomic E-state index is 11.4. The fourth-order valence-corrected chi connectivity index (χ4v) is 4.93. The zero-order valence-corrected chi connectivity index (χ0v) is 21.9. The van der Waals surface area contributed by atoms with E-state index in [4.69, 9.17) is 27.7 Å². The molecule has 0 aromatic rings. The Balaban J connectivity index is 3.33. The van der Waals surface area contributed by atoms with Gasteiger partial charge in [-0.15, -0.1) is 0 Å². The molecular weight excluding hydrogens is 584 g/mol. The summed E-state index contributed by atoms with van der Waals surface area (Å²) in [6.07, 6.45) is -6.96. The Hall–Kier alpha value is -0.600. The maximum Gasteiger partial charge on any atom is 0.397 e. The van der Waals surface area contributed by atoms with Gasteiger partial charge in [-0.05, 0) is 6.42 Å². The summed E-state index contributed by atoms with van der Waals surface area (Å²) in [5, 5.41) is 0. The molecule has 0 aromatic carbocycles. The number of hydrogen-bond acceptors (Lipinski definition) is 14. The maximum absolute atomic E-state index is 11.4. The first-order chi connectivity index (χ1) is 16.3. The van der Waals surface area contributed by atoms with E-state index in [2.05, 4.69) is 16.7 Å². The van der Waals surface area contributed by atoms with Crippen LogP contribution in [0.3, 0.4) is 0 Å². The molecule has 36 heavy (non-hydrogen) atoms. The van der Waals surface area contributed by atoms with Crippen molar-refractivity contribution in [1.82, 2.24) is 0 Å². The average Bonchev–Trinajstić information content (AvgIpc) is 2.66. The lowest BCUT2D eigenvalue weighted by Gasteiger charge is -2.43. The van der Waals surface area contributed by atoms with E-state index in [9.17, 15) is 33.7 Å². The topological polar surface area (TPSA) is 273 Å². The molecule has 1 rings (SSSR count). The Morgan fingerprint density at radius 1 is 0.639 bits per heavy atom. The minimum absolute atomic E-state index is 0.198. The summed E-state index contributed by atoms with van der Waals surface area (Å²) in [6, 6.07) is 0. The van der Waals surface area contributed by atoms with Crippen molar-refractivity contribution in [2.24, 2.45) is 0 Å². The Bertz CT molecular complexity index is 1100. The highest BCUT2D eigenvalue weighted by Crippen LogP contribution is 2.32. The van der Waals surface area contributed by atoms with E-state index in [1.807, 2.05) is 6.92 Å². The third-order valence-corrected chi connectivity index (χ3v) is 6.28. The molecule has 1 aliphatic rings. The first-order valence-corrected chi connectivity index (χ1v) is 15.6. The van der Waals surface area contributed by atoms with Crippen molar-refractivity contribution in [2.45, 2.75) is 76.2 Å². The second kappa shape index (κ2) is 14.0. The van der Waals surface area contributed by atoms with Gasteiger partial charge < -0.3 is 9.47 Å². The van der Waals surface area contributed by atoms with Crippen LogP contribution in [0, 0.1) is 0 Å². The molecule has 0 bridgehead atoms. The molecule has 0 saturated carbocycles. The standard InChI is InChI=1S/C14H28O18S4/c1-2-3-4-5-6-7-8-27-14-13(32-36(24,25)26)12(31-35(21,22)23)11(30-34(18,19)20)10(29-14)9-28-33(15,16)17/h10-14H,2-9H2,1H3,(H,15,16,17)(H,18,19,20)(H,21,22,23)(H,24,25,26)/t10-,11-,12+,13-,14?/m1/s1. The third kappa shape index (κ3) is 14.4. The van der Waals surface area contributed by atoms with Crippen molar-refractivity contribution in [1.29, 1.82) is 0 Å². The summed E-state index contributed by atoms with van der Waals surface area (Å²) in [4.78, 5) is 0. The van der Waals surface area contributed by atoms with Gasteiger partial charge in [0.1, 0.15) is 18.3 Å². The Labute approximate surface area is 209 Å². The molecule has 0 spiro atoms. The number of unbranched alkanes of at least 4 members (excludes halogenated alkanes) is 5. The zero-order valence-electron chi connectivity index (χ0n) is 18.7. The van der Waals surface area contributed by atoms with E-state index in [0.29, 0.717) is 12.8 Å². The molecule has 0 aromatic heterocycles. The zero-order chi connectivity index (χ0) is 27.8. The summed E-state index contributed by atoms with van der Waals surface area (Å²) in [7, 11) is -21.8. The van der Waals surface area contributed by atoms with Crippen molar-refractivity contribution < 1.29 is 78.1 Å². The molecule has 5 atom stereocenters. The summed E-state index contributed by atoms with van der Waals surface area (Å²) in [6.45, 7) is 0.487. The van der Waals surface area contributed by atoms with Crippen LogP contribution in [0.1, 0.15) is 45.4 Å². The molecule has 0 amide bonds. The van der Waals surface area contributed by atoms with Crippen LogP contribution in [0.15, 0.2) is 0 Å². The predicted molar refractivity (Wildman–Crippen MR) is 115 cm³/mol. The summed E-state index contributed by atoms with van der Waals surface area (Å²) < 4.78 is 154. The summed E-state index contributed by atoms with van der Waals surface area (Å²) in [5.74, 6) is 0. The van der Waals surface area contributed by atoms with Crippen LogP contribution in [0.2, 0.25) is 0 Å². The van der Waals surface area contributed by atoms with Gasteiger partial charge in [0.05, 0.1) is 6.61 Å². The van der Waals surface area contributed by atoms with E-state index in [-0.39, 0.29) is 6.61 Å². The van der Waals surface area contributed by atoms with E-state index < -0.39 is 78.9 Å². The molecule has 1 aliphatic heterocycles. The minimum atomic E-state index is -5.56. The van der Waals surface area contributed by atoms with Gasteiger partial charge in [0.25, 0.3) is 0 Å². The van der Waals surface area contributed by atoms with Gasteiger partial charge in [0.15, 0.2) is 12.4 Å². The largest absolute Gasteiger partial charge is 0.397 e. The van der Waals surface area contributed by atoms with E-state index >= 15 is 0 Å². The third-order valence-electron chi connectivity index (χ3n) is 4.45. The second-order valence-corrected chi connectivity index (χ2v) is 11.6. The van der Waals surface area contributed by atoms with Gasteiger partial charge in [-0.1, -0.05) is 39.0 Å². The Morgan fingerprint density at radius 2 is 1.11 bits per heavy atom. The molecule has 0 radical (unpaired) electrons. The lowest BCUT2D eigenvalue weighted by atomic mass is 9.99. The van der Waals surface area contributed by atoms with Crippen LogP contribution in [0.5, 0.6) is 0 Å². The number of hydrogen-bond donors (Lipinski definition) is 4. The van der Waals surface area contributed by atoms with E-state index in [1.54, 1.807) is 0 Å². The molecule has 216 valence electrons. The van der Waals surface area contributed by atoms with Gasteiger partial charge in [0.2, 0.25) is 0 Å². The van der Waals surface area contributed by atoms with Gasteiger partial charge in [-0.25, -0.2) is 16.7 Å².